The zero-order valence-corrected chi connectivity index (χ0v) is 13.7. The SMILES string of the molecule is CC(C)CC(Cl)CNS(=O)(=O)C1CCS(=O)(=O)CC1. The largest absolute Gasteiger partial charge is 0.229 e. The highest BCUT2D eigenvalue weighted by molar-refractivity contribution is 7.92. The standard InChI is InChI=1S/C11H22ClNO4S2/c1-9(2)7-10(12)8-13-19(16,17)11-3-5-18(14,15)6-4-11/h9-11,13H,3-8H2,1-2H3. The summed E-state index contributed by atoms with van der Waals surface area (Å²) in [4.78, 5) is 0. The molecule has 0 saturated carbocycles. The average molecular weight is 332 g/mol. The van der Waals surface area contributed by atoms with Gasteiger partial charge in [-0.15, -0.1) is 11.6 Å². The van der Waals surface area contributed by atoms with Gasteiger partial charge in [0.2, 0.25) is 10.0 Å². The van der Waals surface area contributed by atoms with Crippen LogP contribution in [0.25, 0.3) is 0 Å². The summed E-state index contributed by atoms with van der Waals surface area (Å²) in [5.74, 6) is 0.316. The highest BCUT2D eigenvalue weighted by Crippen LogP contribution is 2.19. The van der Waals surface area contributed by atoms with E-state index in [2.05, 4.69) is 4.72 Å². The van der Waals surface area contributed by atoms with Crippen LogP contribution in [0, 0.1) is 5.92 Å². The molecular weight excluding hydrogens is 310 g/mol. The monoisotopic (exact) mass is 331 g/mol. The minimum absolute atomic E-state index is 0.0468. The first kappa shape index (κ1) is 17.2. The number of hydrogen-bond donors (Lipinski definition) is 1. The third kappa shape index (κ3) is 5.97. The van der Waals surface area contributed by atoms with Crippen LogP contribution in [0.15, 0.2) is 0 Å². The summed E-state index contributed by atoms with van der Waals surface area (Å²) in [5.41, 5.74) is 0. The molecule has 0 aromatic carbocycles. The van der Waals surface area contributed by atoms with E-state index in [1.807, 2.05) is 13.8 Å². The molecule has 5 nitrogen and oxygen atoms in total. The molecule has 0 aliphatic carbocycles. The van der Waals surface area contributed by atoms with Gasteiger partial charge in [0.25, 0.3) is 0 Å². The Morgan fingerprint density at radius 3 is 2.26 bits per heavy atom. The third-order valence-corrected chi connectivity index (χ3v) is 7.14. The van der Waals surface area contributed by atoms with Gasteiger partial charge in [-0.05, 0) is 25.2 Å². The Morgan fingerprint density at radius 1 is 1.26 bits per heavy atom. The topological polar surface area (TPSA) is 80.3 Å². The lowest BCUT2D eigenvalue weighted by molar-refractivity contribution is 0.527. The predicted molar refractivity (Wildman–Crippen MR) is 77.7 cm³/mol. The molecule has 1 heterocycles. The van der Waals surface area contributed by atoms with Gasteiger partial charge in [-0.3, -0.25) is 0 Å². The Kier molecular flexibility index (Phi) is 6.10. The van der Waals surface area contributed by atoms with Gasteiger partial charge in [-0.1, -0.05) is 13.8 Å². The van der Waals surface area contributed by atoms with Crippen LogP contribution in [-0.2, 0) is 19.9 Å². The van der Waals surface area contributed by atoms with E-state index < -0.39 is 25.1 Å². The number of nitrogens with one attached hydrogen (secondary N) is 1. The summed E-state index contributed by atoms with van der Waals surface area (Å²) in [6.45, 7) is 4.25. The van der Waals surface area contributed by atoms with E-state index in [9.17, 15) is 16.8 Å². The normalized spacial score (nSPS) is 22.5. The van der Waals surface area contributed by atoms with Gasteiger partial charge in [-0.25, -0.2) is 21.6 Å². The Hall–Kier alpha value is 0.150. The van der Waals surface area contributed by atoms with Gasteiger partial charge in [-0.2, -0.15) is 0 Å². The summed E-state index contributed by atoms with van der Waals surface area (Å²) in [7, 11) is -6.50. The number of sulfone groups is 1. The quantitative estimate of drug-likeness (QED) is 0.740. The van der Waals surface area contributed by atoms with Gasteiger partial charge in [0.1, 0.15) is 9.84 Å². The van der Waals surface area contributed by atoms with Crippen molar-refractivity contribution in [3.8, 4) is 0 Å². The van der Waals surface area contributed by atoms with Crippen molar-refractivity contribution in [1.82, 2.24) is 4.72 Å². The fraction of sp³-hybridized carbons (Fsp3) is 1.00. The minimum atomic E-state index is -3.46. The minimum Gasteiger partial charge on any atom is -0.229 e. The first-order valence-corrected chi connectivity index (χ1v) is 10.3. The molecule has 1 N–H and O–H groups in total. The van der Waals surface area contributed by atoms with Gasteiger partial charge < -0.3 is 0 Å². The van der Waals surface area contributed by atoms with Crippen molar-refractivity contribution in [3.63, 3.8) is 0 Å². The molecule has 1 aliphatic heterocycles. The number of halogens is 1. The predicted octanol–water partition coefficient (Wildman–Crippen LogP) is 1.14. The van der Waals surface area contributed by atoms with E-state index in [1.165, 1.54) is 0 Å². The fourth-order valence-electron chi connectivity index (χ4n) is 2.10. The van der Waals surface area contributed by atoms with E-state index in [0.717, 1.165) is 6.42 Å². The van der Waals surface area contributed by atoms with Crippen LogP contribution in [0.1, 0.15) is 33.1 Å². The summed E-state index contributed by atoms with van der Waals surface area (Å²) in [6, 6.07) is 0. The average Bonchev–Trinajstić information content (AvgIpc) is 2.25. The van der Waals surface area contributed by atoms with Crippen LogP contribution >= 0.6 is 11.6 Å². The molecule has 0 bridgehead atoms. The van der Waals surface area contributed by atoms with Crippen molar-refractivity contribution < 1.29 is 16.8 Å². The van der Waals surface area contributed by atoms with Crippen molar-refractivity contribution in [2.75, 3.05) is 18.1 Å². The molecule has 0 spiro atoms. The second kappa shape index (κ2) is 6.74. The lowest BCUT2D eigenvalue weighted by Gasteiger charge is -2.23. The van der Waals surface area contributed by atoms with E-state index in [-0.39, 0.29) is 36.3 Å². The van der Waals surface area contributed by atoms with E-state index in [4.69, 9.17) is 11.6 Å². The molecule has 0 amide bonds. The van der Waals surface area contributed by atoms with Crippen LogP contribution < -0.4 is 4.72 Å². The summed E-state index contributed by atoms with van der Waals surface area (Å²) in [6.07, 6.45) is 1.09. The third-order valence-electron chi connectivity index (χ3n) is 3.17. The van der Waals surface area contributed by atoms with Gasteiger partial charge >= 0.3 is 0 Å². The van der Waals surface area contributed by atoms with Crippen LogP contribution in [0.3, 0.4) is 0 Å². The molecule has 8 heteroatoms. The summed E-state index contributed by atoms with van der Waals surface area (Å²) >= 11 is 6.04. The zero-order chi connectivity index (χ0) is 14.7. The Labute approximate surface area is 121 Å². The molecule has 1 fully saturated rings. The van der Waals surface area contributed by atoms with Crippen LogP contribution in [0.5, 0.6) is 0 Å². The lowest BCUT2D eigenvalue weighted by Crippen LogP contribution is -2.41. The second-order valence-electron chi connectivity index (χ2n) is 5.47. The van der Waals surface area contributed by atoms with Gasteiger partial charge in [0, 0.05) is 11.9 Å². The summed E-state index contributed by atoms with van der Waals surface area (Å²) < 4.78 is 49.1. The zero-order valence-electron chi connectivity index (χ0n) is 11.3. The van der Waals surface area contributed by atoms with Crippen LogP contribution in [0.2, 0.25) is 0 Å². The molecule has 114 valence electrons. The Bertz CT molecular complexity index is 473. The Balaban J connectivity index is 2.49. The fourth-order valence-corrected chi connectivity index (χ4v) is 5.94. The molecule has 0 aromatic heterocycles. The smallest absolute Gasteiger partial charge is 0.214 e. The van der Waals surface area contributed by atoms with Crippen molar-refractivity contribution >= 4 is 31.5 Å². The highest BCUT2D eigenvalue weighted by Gasteiger charge is 2.32. The van der Waals surface area contributed by atoms with Gasteiger partial charge in [0.05, 0.1) is 16.8 Å². The molecule has 1 rings (SSSR count). The number of sulfonamides is 1. The maximum absolute atomic E-state index is 12.0. The Morgan fingerprint density at radius 2 is 1.79 bits per heavy atom. The molecule has 0 aromatic rings. The van der Waals surface area contributed by atoms with Crippen molar-refractivity contribution in [3.05, 3.63) is 0 Å². The number of rotatable bonds is 6. The molecular formula is C11H22ClNO4S2. The van der Waals surface area contributed by atoms with Crippen molar-refractivity contribution in [1.29, 1.82) is 0 Å². The maximum Gasteiger partial charge on any atom is 0.214 e. The molecule has 19 heavy (non-hydrogen) atoms. The number of hydrogen-bond acceptors (Lipinski definition) is 4. The first-order valence-electron chi connectivity index (χ1n) is 6.45. The molecule has 1 atom stereocenters. The maximum atomic E-state index is 12.0. The highest BCUT2D eigenvalue weighted by atomic mass is 35.5. The first-order chi connectivity index (χ1) is 8.62. The lowest BCUT2D eigenvalue weighted by atomic mass is 10.1. The summed E-state index contributed by atoms with van der Waals surface area (Å²) in [5, 5.41) is -0.846. The van der Waals surface area contributed by atoms with Crippen molar-refractivity contribution in [2.45, 2.75) is 43.7 Å². The van der Waals surface area contributed by atoms with Crippen molar-refractivity contribution in [2.24, 2.45) is 5.92 Å². The second-order valence-corrected chi connectivity index (χ2v) is 10.4. The molecule has 1 saturated heterocycles. The van der Waals surface area contributed by atoms with E-state index >= 15 is 0 Å². The van der Waals surface area contributed by atoms with E-state index in [0.29, 0.717) is 5.92 Å². The van der Waals surface area contributed by atoms with E-state index in [1.54, 1.807) is 0 Å². The molecule has 0 radical (unpaired) electrons. The van der Waals surface area contributed by atoms with Crippen LogP contribution in [0.4, 0.5) is 0 Å². The number of alkyl halides is 1. The molecule has 1 unspecified atom stereocenters. The molecule has 1 aliphatic rings. The van der Waals surface area contributed by atoms with Gasteiger partial charge in [0.15, 0.2) is 0 Å². The van der Waals surface area contributed by atoms with Crippen LogP contribution in [-0.4, -0.2) is 45.5 Å².